The minimum absolute atomic E-state index is 0.0285. The minimum atomic E-state index is -4.47. The highest BCUT2D eigenvalue weighted by molar-refractivity contribution is 5.80. The van der Waals surface area contributed by atoms with Gasteiger partial charge in [-0.3, -0.25) is 0 Å². The van der Waals surface area contributed by atoms with Gasteiger partial charge in [0.1, 0.15) is 12.6 Å². The summed E-state index contributed by atoms with van der Waals surface area (Å²) in [5.74, 6) is -1.32. The fraction of sp³-hybridized carbons (Fsp3) is 0.222. The van der Waals surface area contributed by atoms with Crippen molar-refractivity contribution in [2.45, 2.75) is 25.2 Å². The van der Waals surface area contributed by atoms with Crippen LogP contribution in [0.1, 0.15) is 16.7 Å². The summed E-state index contributed by atoms with van der Waals surface area (Å²) in [5.41, 5.74) is 0.245. The maximum absolute atomic E-state index is 12.5. The van der Waals surface area contributed by atoms with Gasteiger partial charge in [0.15, 0.2) is 0 Å². The molecule has 2 N–H and O–H groups in total. The molecule has 0 spiro atoms. The number of amides is 1. The molecule has 1 amide bonds. The number of benzene rings is 2. The van der Waals surface area contributed by atoms with Crippen LogP contribution in [0.4, 0.5) is 18.0 Å². The van der Waals surface area contributed by atoms with Crippen molar-refractivity contribution in [3.05, 3.63) is 71.3 Å². The molecule has 26 heavy (non-hydrogen) atoms. The summed E-state index contributed by atoms with van der Waals surface area (Å²) in [4.78, 5) is 23.1. The lowest BCUT2D eigenvalue weighted by Gasteiger charge is -2.15. The molecular formula is C18H16F3NO4. The molecule has 5 nitrogen and oxygen atoms in total. The Bertz CT molecular complexity index is 745. The van der Waals surface area contributed by atoms with Gasteiger partial charge in [0.05, 0.1) is 5.56 Å². The third-order valence-electron chi connectivity index (χ3n) is 3.52. The van der Waals surface area contributed by atoms with E-state index in [4.69, 9.17) is 4.74 Å². The lowest BCUT2D eigenvalue weighted by Crippen LogP contribution is -2.42. The van der Waals surface area contributed by atoms with Gasteiger partial charge in [-0.1, -0.05) is 42.5 Å². The van der Waals surface area contributed by atoms with Crippen LogP contribution in [0.2, 0.25) is 0 Å². The summed E-state index contributed by atoms with van der Waals surface area (Å²) < 4.78 is 42.6. The van der Waals surface area contributed by atoms with Gasteiger partial charge >= 0.3 is 18.2 Å². The molecule has 0 aliphatic rings. The molecule has 0 aliphatic carbocycles. The Morgan fingerprint density at radius 2 is 1.62 bits per heavy atom. The van der Waals surface area contributed by atoms with Crippen LogP contribution in [0.3, 0.4) is 0 Å². The fourth-order valence-corrected chi connectivity index (χ4v) is 2.17. The van der Waals surface area contributed by atoms with Gasteiger partial charge in [-0.15, -0.1) is 0 Å². The van der Waals surface area contributed by atoms with Gasteiger partial charge < -0.3 is 15.2 Å². The number of ether oxygens (including phenoxy) is 1. The minimum Gasteiger partial charge on any atom is -0.480 e. The molecule has 138 valence electrons. The van der Waals surface area contributed by atoms with Gasteiger partial charge in [0, 0.05) is 6.42 Å². The first-order chi connectivity index (χ1) is 12.3. The maximum Gasteiger partial charge on any atom is 0.416 e. The van der Waals surface area contributed by atoms with E-state index in [1.165, 1.54) is 12.1 Å². The number of carbonyl (C=O) groups excluding carboxylic acids is 1. The van der Waals surface area contributed by atoms with Gasteiger partial charge in [-0.05, 0) is 23.3 Å². The molecule has 8 heteroatoms. The summed E-state index contributed by atoms with van der Waals surface area (Å²) >= 11 is 0. The summed E-state index contributed by atoms with van der Waals surface area (Å²) in [6.07, 6.45) is -5.56. The Balaban J connectivity index is 1.93. The van der Waals surface area contributed by atoms with Crippen molar-refractivity contribution in [1.82, 2.24) is 5.32 Å². The molecule has 0 saturated carbocycles. The number of carboxylic acids is 1. The quantitative estimate of drug-likeness (QED) is 0.818. The highest BCUT2D eigenvalue weighted by Gasteiger charge is 2.30. The molecule has 1 atom stereocenters. The molecule has 0 radical (unpaired) electrons. The third-order valence-corrected chi connectivity index (χ3v) is 3.52. The molecule has 2 aromatic carbocycles. The number of rotatable bonds is 6. The summed E-state index contributed by atoms with van der Waals surface area (Å²) in [5, 5.41) is 11.4. The fourth-order valence-electron chi connectivity index (χ4n) is 2.17. The topological polar surface area (TPSA) is 75.6 Å². The number of aliphatic carboxylic acids is 1. The van der Waals surface area contributed by atoms with Crippen molar-refractivity contribution < 1.29 is 32.6 Å². The second-order valence-electron chi connectivity index (χ2n) is 5.50. The van der Waals surface area contributed by atoms with Crippen LogP contribution in [-0.4, -0.2) is 23.2 Å². The Morgan fingerprint density at radius 1 is 1.00 bits per heavy atom. The predicted molar refractivity (Wildman–Crippen MR) is 86.3 cm³/mol. The molecule has 0 saturated heterocycles. The number of nitrogens with one attached hydrogen (secondary N) is 1. The average Bonchev–Trinajstić information content (AvgIpc) is 2.60. The van der Waals surface area contributed by atoms with Crippen LogP contribution < -0.4 is 5.32 Å². The molecule has 0 heterocycles. The molecule has 0 unspecified atom stereocenters. The van der Waals surface area contributed by atoms with E-state index in [-0.39, 0.29) is 13.0 Å². The van der Waals surface area contributed by atoms with Crippen molar-refractivity contribution in [3.63, 3.8) is 0 Å². The maximum atomic E-state index is 12.5. The van der Waals surface area contributed by atoms with Gasteiger partial charge in [0.25, 0.3) is 0 Å². The summed E-state index contributed by atoms with van der Waals surface area (Å²) in [7, 11) is 0. The molecule has 0 bridgehead atoms. The van der Waals surface area contributed by atoms with E-state index in [1.807, 2.05) is 0 Å². The normalized spacial score (nSPS) is 12.3. The number of alkyl halides is 3. The van der Waals surface area contributed by atoms with E-state index >= 15 is 0 Å². The smallest absolute Gasteiger partial charge is 0.416 e. The Morgan fingerprint density at radius 3 is 2.15 bits per heavy atom. The van der Waals surface area contributed by atoms with E-state index in [2.05, 4.69) is 5.32 Å². The highest BCUT2D eigenvalue weighted by Crippen LogP contribution is 2.29. The Hall–Kier alpha value is -3.03. The van der Waals surface area contributed by atoms with E-state index in [0.717, 1.165) is 17.7 Å². The summed E-state index contributed by atoms with van der Waals surface area (Å²) in [6.45, 7) is -0.0285. The van der Waals surface area contributed by atoms with Crippen LogP contribution in [-0.2, 0) is 28.7 Å². The zero-order valence-corrected chi connectivity index (χ0v) is 13.5. The van der Waals surface area contributed by atoms with Crippen LogP contribution >= 0.6 is 0 Å². The zero-order chi connectivity index (χ0) is 19.2. The van der Waals surface area contributed by atoms with Crippen molar-refractivity contribution >= 4 is 12.1 Å². The zero-order valence-electron chi connectivity index (χ0n) is 13.5. The van der Waals surface area contributed by atoms with Gasteiger partial charge in [-0.2, -0.15) is 13.2 Å². The molecular weight excluding hydrogens is 351 g/mol. The second-order valence-corrected chi connectivity index (χ2v) is 5.50. The molecule has 2 rings (SSSR count). The SMILES string of the molecule is O=C(N[C@H](Cc1ccc(C(F)(F)F)cc1)C(=O)O)OCc1ccccc1. The molecule has 0 fully saturated rings. The number of carbonyl (C=O) groups is 2. The summed E-state index contributed by atoms with van der Waals surface area (Å²) in [6, 6.07) is 11.6. The van der Waals surface area contributed by atoms with E-state index in [1.54, 1.807) is 30.3 Å². The van der Waals surface area contributed by atoms with Gasteiger partial charge in [0.2, 0.25) is 0 Å². The highest BCUT2D eigenvalue weighted by atomic mass is 19.4. The lowest BCUT2D eigenvalue weighted by atomic mass is 10.0. The van der Waals surface area contributed by atoms with Crippen LogP contribution in [0, 0.1) is 0 Å². The second kappa shape index (κ2) is 8.37. The number of halogens is 3. The first kappa shape index (κ1) is 19.3. The number of hydrogen-bond acceptors (Lipinski definition) is 3. The average molecular weight is 367 g/mol. The Kier molecular flexibility index (Phi) is 6.21. The van der Waals surface area contributed by atoms with E-state index < -0.39 is 29.8 Å². The standard InChI is InChI=1S/C18H16F3NO4/c19-18(20,21)14-8-6-12(7-9-14)10-15(16(23)24)22-17(25)26-11-13-4-2-1-3-5-13/h1-9,15H,10-11H2,(H,22,25)(H,23,24)/t15-/m1/s1. The van der Waals surface area contributed by atoms with Crippen molar-refractivity contribution in [2.75, 3.05) is 0 Å². The monoisotopic (exact) mass is 367 g/mol. The molecule has 0 aliphatic heterocycles. The number of carboxylic acid groups (broad SMARTS) is 1. The third kappa shape index (κ3) is 5.80. The van der Waals surface area contributed by atoms with Crippen LogP contribution in [0.5, 0.6) is 0 Å². The van der Waals surface area contributed by atoms with Crippen LogP contribution in [0.25, 0.3) is 0 Å². The predicted octanol–water partition coefficient (Wildman–Crippen LogP) is 3.63. The van der Waals surface area contributed by atoms with E-state index in [0.29, 0.717) is 5.56 Å². The van der Waals surface area contributed by atoms with Crippen molar-refractivity contribution in [2.24, 2.45) is 0 Å². The van der Waals surface area contributed by atoms with Crippen molar-refractivity contribution in [1.29, 1.82) is 0 Å². The first-order valence-corrected chi connectivity index (χ1v) is 7.62. The lowest BCUT2D eigenvalue weighted by molar-refractivity contribution is -0.139. The first-order valence-electron chi connectivity index (χ1n) is 7.62. The number of hydrogen-bond donors (Lipinski definition) is 2. The molecule has 0 aromatic heterocycles. The molecule has 2 aromatic rings. The van der Waals surface area contributed by atoms with E-state index in [9.17, 15) is 27.9 Å². The largest absolute Gasteiger partial charge is 0.480 e. The van der Waals surface area contributed by atoms with Crippen LogP contribution in [0.15, 0.2) is 54.6 Å². The van der Waals surface area contributed by atoms with Crippen molar-refractivity contribution in [3.8, 4) is 0 Å². The number of alkyl carbamates (subject to hydrolysis) is 1. The van der Waals surface area contributed by atoms with Gasteiger partial charge in [-0.25, -0.2) is 9.59 Å². The Labute approximate surface area is 147 Å².